The third-order valence-electron chi connectivity index (χ3n) is 9.61. The standard InChI is InChI=1S/C45H28N4O/c1-4-13-29(14-5-1)43-46-44(30-15-6-2-7-16-30)48-45(47-43)35-20-12-22-41-42(35)37-28-32(24-26-40(37)50-41)31-23-25-39-36(27-31)34-19-10-11-21-38(34)49(39)33-17-8-3-9-18-33/h1-28H/p+1. The molecule has 9 aromatic rings. The summed E-state index contributed by atoms with van der Waals surface area (Å²) in [5.74, 6) is 1.87. The highest BCUT2D eigenvalue weighted by Crippen LogP contribution is 2.43. The summed E-state index contributed by atoms with van der Waals surface area (Å²) in [6.07, 6.45) is 0. The maximum absolute atomic E-state index is 6.44. The minimum absolute atomic E-state index is 0.606. The number of furan rings is 1. The number of benzene rings is 7. The maximum Gasteiger partial charge on any atom is 0.164 e. The molecule has 1 aliphatic rings. The molecule has 0 amide bonds. The Morgan fingerprint density at radius 1 is 0.380 bits per heavy atom. The van der Waals surface area contributed by atoms with E-state index in [9.17, 15) is 0 Å². The van der Waals surface area contributed by atoms with Gasteiger partial charge in [0.15, 0.2) is 17.5 Å². The largest absolute Gasteiger partial charge is 0.456 e. The summed E-state index contributed by atoms with van der Waals surface area (Å²) in [4.78, 5) is 16.3. The zero-order valence-corrected chi connectivity index (χ0v) is 26.9. The quantitative estimate of drug-likeness (QED) is 0.203. The average molecular weight is 642 g/mol. The van der Waals surface area contributed by atoms with Gasteiger partial charge in [0.25, 0.3) is 0 Å². The van der Waals surface area contributed by atoms with E-state index in [2.05, 4.69) is 97.1 Å². The molecule has 2 aromatic heterocycles. The molecule has 5 nitrogen and oxygen atoms in total. The summed E-state index contributed by atoms with van der Waals surface area (Å²) < 4.78 is 6.44. The Labute approximate surface area is 288 Å². The monoisotopic (exact) mass is 641 g/mol. The normalized spacial score (nSPS) is 13.4. The first kappa shape index (κ1) is 28.3. The lowest BCUT2D eigenvalue weighted by molar-refractivity contribution is -0.677. The highest BCUT2D eigenvalue weighted by Gasteiger charge is 2.33. The van der Waals surface area contributed by atoms with E-state index in [-0.39, 0.29) is 0 Å². The summed E-state index contributed by atoms with van der Waals surface area (Å²) >= 11 is 0. The van der Waals surface area contributed by atoms with Crippen molar-refractivity contribution < 1.29 is 9.32 Å². The molecule has 1 atom stereocenters. The van der Waals surface area contributed by atoms with Gasteiger partial charge in [0.05, 0.1) is 5.56 Å². The lowest BCUT2D eigenvalue weighted by Crippen LogP contribution is -2.95. The van der Waals surface area contributed by atoms with E-state index in [1.54, 1.807) is 0 Å². The number of nitrogens with zero attached hydrogens (tertiary/aromatic N) is 3. The molecule has 5 heteroatoms. The van der Waals surface area contributed by atoms with Gasteiger partial charge in [0.1, 0.15) is 28.2 Å². The number of aromatic nitrogens is 3. The van der Waals surface area contributed by atoms with Gasteiger partial charge in [0, 0.05) is 45.2 Å². The molecular weight excluding hydrogens is 613 g/mol. The molecular formula is C45H29N4O+. The minimum Gasteiger partial charge on any atom is -0.456 e. The van der Waals surface area contributed by atoms with Gasteiger partial charge >= 0.3 is 0 Å². The Bertz CT molecular complexity index is 2650. The Hall–Kier alpha value is -6.69. The molecule has 0 bridgehead atoms. The van der Waals surface area contributed by atoms with Crippen molar-refractivity contribution in [3.8, 4) is 56.4 Å². The Morgan fingerprint density at radius 2 is 0.960 bits per heavy atom. The van der Waals surface area contributed by atoms with Crippen LogP contribution < -0.4 is 4.90 Å². The van der Waals surface area contributed by atoms with Gasteiger partial charge in [-0.25, -0.2) is 19.9 Å². The van der Waals surface area contributed by atoms with Crippen molar-refractivity contribution >= 4 is 39.0 Å². The van der Waals surface area contributed by atoms with Gasteiger partial charge in [-0.05, 0) is 59.7 Å². The first-order valence-electron chi connectivity index (χ1n) is 16.8. The van der Waals surface area contributed by atoms with E-state index in [1.807, 2.05) is 72.8 Å². The van der Waals surface area contributed by atoms with E-state index in [1.165, 1.54) is 33.1 Å². The zero-order chi connectivity index (χ0) is 33.0. The minimum atomic E-state index is 0.606. The molecule has 0 saturated heterocycles. The summed E-state index contributed by atoms with van der Waals surface area (Å²) in [5.41, 5.74) is 12.9. The molecule has 1 unspecified atom stereocenters. The van der Waals surface area contributed by atoms with Crippen LogP contribution in [0.25, 0.3) is 78.4 Å². The highest BCUT2D eigenvalue weighted by molar-refractivity contribution is 6.13. The second-order valence-electron chi connectivity index (χ2n) is 12.6. The van der Waals surface area contributed by atoms with Crippen LogP contribution in [0.1, 0.15) is 0 Å². The van der Waals surface area contributed by atoms with Crippen molar-refractivity contribution in [3.63, 3.8) is 0 Å². The van der Waals surface area contributed by atoms with Gasteiger partial charge in [0.2, 0.25) is 0 Å². The van der Waals surface area contributed by atoms with E-state index in [0.29, 0.717) is 17.5 Å². The van der Waals surface area contributed by atoms with E-state index in [4.69, 9.17) is 19.4 Å². The van der Waals surface area contributed by atoms with E-state index >= 15 is 0 Å². The molecule has 50 heavy (non-hydrogen) atoms. The van der Waals surface area contributed by atoms with Crippen molar-refractivity contribution in [1.29, 1.82) is 0 Å². The van der Waals surface area contributed by atoms with Gasteiger partial charge in [-0.2, -0.15) is 0 Å². The van der Waals surface area contributed by atoms with Crippen LogP contribution in [0.4, 0.5) is 17.1 Å². The number of fused-ring (bicyclic) bond motifs is 6. The number of para-hydroxylation sites is 2. The predicted octanol–water partition coefficient (Wildman–Crippen LogP) is 10.6. The summed E-state index contributed by atoms with van der Waals surface area (Å²) in [6, 6.07) is 59.0. The molecule has 0 fully saturated rings. The number of hydrogen-bond acceptors (Lipinski definition) is 4. The molecule has 3 heterocycles. The first-order valence-corrected chi connectivity index (χ1v) is 16.8. The van der Waals surface area contributed by atoms with Crippen LogP contribution >= 0.6 is 0 Å². The summed E-state index contributed by atoms with van der Waals surface area (Å²) in [5, 5.41) is 2.01. The van der Waals surface area contributed by atoms with Crippen LogP contribution in [0.5, 0.6) is 0 Å². The van der Waals surface area contributed by atoms with Crippen LogP contribution in [-0.2, 0) is 0 Å². The van der Waals surface area contributed by atoms with Gasteiger partial charge < -0.3 is 4.42 Å². The van der Waals surface area contributed by atoms with Crippen LogP contribution in [0.3, 0.4) is 0 Å². The highest BCUT2D eigenvalue weighted by atomic mass is 16.3. The fraction of sp³-hybridized carbons (Fsp3) is 0. The zero-order valence-electron chi connectivity index (χ0n) is 26.9. The Kier molecular flexibility index (Phi) is 6.50. The van der Waals surface area contributed by atoms with Crippen LogP contribution in [0.2, 0.25) is 0 Å². The molecule has 10 rings (SSSR count). The maximum atomic E-state index is 6.44. The summed E-state index contributed by atoms with van der Waals surface area (Å²) in [6.45, 7) is 0. The Balaban J connectivity index is 1.14. The number of quaternary nitrogens is 1. The van der Waals surface area contributed by atoms with Gasteiger partial charge in [-0.1, -0.05) is 109 Å². The van der Waals surface area contributed by atoms with Crippen molar-refractivity contribution in [1.82, 2.24) is 15.0 Å². The second kappa shape index (κ2) is 11.5. The van der Waals surface area contributed by atoms with Gasteiger partial charge in [-0.15, -0.1) is 0 Å². The first-order chi connectivity index (χ1) is 24.8. The fourth-order valence-corrected chi connectivity index (χ4v) is 7.28. The SMILES string of the molecule is c1ccc(-c2nc(-c3ccccc3)nc(-c3cccc4oc5ccc(-c6ccc7c(c6)-c6ccccc6[NH+]7c6ccccc6)cc5c34)n2)cc1. The lowest BCUT2D eigenvalue weighted by atomic mass is 9.97. The molecule has 0 saturated carbocycles. The Morgan fingerprint density at radius 3 is 1.70 bits per heavy atom. The molecule has 0 aliphatic carbocycles. The van der Waals surface area contributed by atoms with Crippen molar-refractivity contribution in [2.45, 2.75) is 0 Å². The molecule has 0 spiro atoms. The summed E-state index contributed by atoms with van der Waals surface area (Å²) in [7, 11) is 0. The number of rotatable bonds is 5. The molecule has 1 N–H and O–H groups in total. The number of nitrogens with one attached hydrogen (secondary N) is 1. The van der Waals surface area contributed by atoms with Crippen LogP contribution in [0.15, 0.2) is 174 Å². The average Bonchev–Trinajstić information content (AvgIpc) is 3.74. The fourth-order valence-electron chi connectivity index (χ4n) is 7.28. The number of hydrogen-bond donors (Lipinski definition) is 1. The molecule has 0 radical (unpaired) electrons. The second-order valence-corrected chi connectivity index (χ2v) is 12.6. The predicted molar refractivity (Wildman–Crippen MR) is 201 cm³/mol. The topological polar surface area (TPSA) is 56.2 Å². The molecule has 1 aliphatic heterocycles. The third kappa shape index (κ3) is 4.64. The van der Waals surface area contributed by atoms with Crippen molar-refractivity contribution in [2.24, 2.45) is 0 Å². The molecule has 234 valence electrons. The molecule has 7 aromatic carbocycles. The van der Waals surface area contributed by atoms with Crippen molar-refractivity contribution in [2.75, 3.05) is 0 Å². The van der Waals surface area contributed by atoms with Crippen LogP contribution in [0, 0.1) is 0 Å². The van der Waals surface area contributed by atoms with Crippen LogP contribution in [-0.4, -0.2) is 15.0 Å². The third-order valence-corrected chi connectivity index (χ3v) is 9.61. The van der Waals surface area contributed by atoms with E-state index < -0.39 is 0 Å². The van der Waals surface area contributed by atoms with E-state index in [0.717, 1.165) is 49.8 Å². The van der Waals surface area contributed by atoms with Crippen molar-refractivity contribution in [3.05, 3.63) is 170 Å². The van der Waals surface area contributed by atoms with Gasteiger partial charge in [-0.3, -0.25) is 0 Å². The lowest BCUT2D eigenvalue weighted by Gasteiger charge is -2.14. The smallest absolute Gasteiger partial charge is 0.164 e.